The zero-order chi connectivity index (χ0) is 10.1. The van der Waals surface area contributed by atoms with Crippen LogP contribution in [0.2, 0.25) is 0 Å². The third-order valence-electron chi connectivity index (χ3n) is 2.23. The average molecular weight is 190 g/mol. The van der Waals surface area contributed by atoms with Crippen molar-refractivity contribution in [3.8, 4) is 0 Å². The predicted octanol–water partition coefficient (Wildman–Crippen LogP) is -0.336. The topological polar surface area (TPSA) is 58.7 Å². The third kappa shape index (κ3) is 5.21. The van der Waals surface area contributed by atoms with E-state index in [-0.39, 0.29) is 6.61 Å². The number of nitrogens with zero attached hydrogens (tertiary/aromatic N) is 1. The quantitative estimate of drug-likeness (QED) is 0.550. The summed E-state index contributed by atoms with van der Waals surface area (Å²) >= 11 is 0. The minimum absolute atomic E-state index is 0.181. The maximum absolute atomic E-state index is 8.85. The summed E-state index contributed by atoms with van der Waals surface area (Å²) in [7, 11) is 1.68. The summed E-state index contributed by atoms with van der Waals surface area (Å²) in [4.78, 5) is 2.17. The van der Waals surface area contributed by atoms with Crippen LogP contribution in [0, 0.1) is 0 Å². The maximum Gasteiger partial charge on any atom is 0.0589 e. The van der Waals surface area contributed by atoms with Crippen LogP contribution in [0.3, 0.4) is 0 Å². The molecule has 13 heavy (non-hydrogen) atoms. The van der Waals surface area contributed by atoms with E-state index in [1.165, 1.54) is 0 Å². The van der Waals surface area contributed by atoms with Crippen molar-refractivity contribution in [2.45, 2.75) is 19.4 Å². The first-order chi connectivity index (χ1) is 6.29. The fourth-order valence-corrected chi connectivity index (χ4v) is 1.39. The summed E-state index contributed by atoms with van der Waals surface area (Å²) in [6, 6.07) is 0.363. The van der Waals surface area contributed by atoms with Gasteiger partial charge in [-0.25, -0.2) is 0 Å². The van der Waals surface area contributed by atoms with E-state index in [2.05, 4.69) is 11.8 Å². The normalized spacial score (nSPS) is 13.6. The van der Waals surface area contributed by atoms with Crippen LogP contribution in [0.25, 0.3) is 0 Å². The zero-order valence-electron chi connectivity index (χ0n) is 8.70. The number of nitrogens with two attached hydrogens (primary N) is 1. The highest BCUT2D eigenvalue weighted by atomic mass is 16.5. The van der Waals surface area contributed by atoms with Gasteiger partial charge in [0.1, 0.15) is 0 Å². The van der Waals surface area contributed by atoms with E-state index in [4.69, 9.17) is 15.6 Å². The number of ether oxygens (including phenoxy) is 1. The van der Waals surface area contributed by atoms with Gasteiger partial charge >= 0.3 is 0 Å². The molecular formula is C9H22N2O2. The minimum Gasteiger partial charge on any atom is -0.395 e. The lowest BCUT2D eigenvalue weighted by molar-refractivity contribution is 0.102. The molecule has 0 heterocycles. The Morgan fingerprint density at radius 2 is 2.15 bits per heavy atom. The van der Waals surface area contributed by atoms with E-state index in [0.717, 1.165) is 13.0 Å². The van der Waals surface area contributed by atoms with Gasteiger partial charge in [0.2, 0.25) is 0 Å². The number of aliphatic hydroxyl groups is 1. The van der Waals surface area contributed by atoms with Gasteiger partial charge in [-0.05, 0) is 6.42 Å². The molecule has 3 N–H and O–H groups in total. The summed E-state index contributed by atoms with van der Waals surface area (Å²) in [5.74, 6) is 0. The molecule has 0 aromatic rings. The molecule has 4 nitrogen and oxygen atoms in total. The summed E-state index contributed by atoms with van der Waals surface area (Å²) in [6.45, 7) is 5.14. The second-order valence-corrected chi connectivity index (χ2v) is 3.05. The molecule has 0 aliphatic rings. The summed E-state index contributed by atoms with van der Waals surface area (Å²) in [5.41, 5.74) is 5.62. The van der Waals surface area contributed by atoms with Crippen LogP contribution in [0.15, 0.2) is 0 Å². The maximum atomic E-state index is 8.85. The van der Waals surface area contributed by atoms with E-state index in [1.807, 2.05) is 0 Å². The summed E-state index contributed by atoms with van der Waals surface area (Å²) in [5, 5.41) is 8.85. The molecule has 0 amide bonds. The fourth-order valence-electron chi connectivity index (χ4n) is 1.39. The standard InChI is InChI=1S/C9H22N2O2/c1-3-9(8-10)11(4-6-12)5-7-13-2/h9,12H,3-8,10H2,1-2H3. The molecule has 1 unspecified atom stereocenters. The number of aliphatic hydroxyl groups excluding tert-OH is 1. The zero-order valence-corrected chi connectivity index (χ0v) is 8.70. The Morgan fingerprint density at radius 3 is 2.54 bits per heavy atom. The lowest BCUT2D eigenvalue weighted by atomic mass is 10.2. The van der Waals surface area contributed by atoms with Gasteiger partial charge in [-0.3, -0.25) is 4.90 Å². The van der Waals surface area contributed by atoms with Crippen LogP contribution in [-0.4, -0.2) is 56.0 Å². The number of rotatable bonds is 8. The first-order valence-corrected chi connectivity index (χ1v) is 4.84. The highest BCUT2D eigenvalue weighted by Gasteiger charge is 2.13. The molecule has 0 bridgehead atoms. The highest BCUT2D eigenvalue weighted by molar-refractivity contribution is 4.70. The average Bonchev–Trinajstić information content (AvgIpc) is 2.16. The van der Waals surface area contributed by atoms with Gasteiger partial charge < -0.3 is 15.6 Å². The largest absolute Gasteiger partial charge is 0.395 e. The van der Waals surface area contributed by atoms with Gasteiger partial charge in [-0.1, -0.05) is 6.92 Å². The SMILES string of the molecule is CCC(CN)N(CCO)CCOC. The van der Waals surface area contributed by atoms with E-state index in [9.17, 15) is 0 Å². The molecule has 0 radical (unpaired) electrons. The van der Waals surface area contributed by atoms with Gasteiger partial charge in [0.05, 0.1) is 13.2 Å². The third-order valence-corrected chi connectivity index (χ3v) is 2.23. The van der Waals surface area contributed by atoms with Gasteiger partial charge in [0, 0.05) is 32.8 Å². The molecule has 0 spiro atoms. The fraction of sp³-hybridized carbons (Fsp3) is 1.00. The Balaban J connectivity index is 3.88. The molecular weight excluding hydrogens is 168 g/mol. The van der Waals surface area contributed by atoms with Crippen molar-refractivity contribution in [1.82, 2.24) is 4.90 Å². The van der Waals surface area contributed by atoms with Crippen molar-refractivity contribution < 1.29 is 9.84 Å². The highest BCUT2D eigenvalue weighted by Crippen LogP contribution is 2.01. The summed E-state index contributed by atoms with van der Waals surface area (Å²) in [6.07, 6.45) is 1.01. The van der Waals surface area contributed by atoms with E-state index in [0.29, 0.717) is 25.7 Å². The lowest BCUT2D eigenvalue weighted by Gasteiger charge is -2.29. The van der Waals surface area contributed by atoms with Crippen LogP contribution in [-0.2, 0) is 4.74 Å². The molecule has 0 fully saturated rings. The molecule has 80 valence electrons. The van der Waals surface area contributed by atoms with Crippen molar-refractivity contribution in [3.63, 3.8) is 0 Å². The smallest absolute Gasteiger partial charge is 0.0589 e. The molecule has 0 saturated carbocycles. The van der Waals surface area contributed by atoms with Crippen LogP contribution in [0.4, 0.5) is 0 Å². The molecule has 0 rings (SSSR count). The van der Waals surface area contributed by atoms with Gasteiger partial charge in [-0.15, -0.1) is 0 Å². The molecule has 0 aromatic heterocycles. The van der Waals surface area contributed by atoms with Crippen LogP contribution >= 0.6 is 0 Å². The number of hydrogen-bond donors (Lipinski definition) is 2. The van der Waals surface area contributed by atoms with Gasteiger partial charge in [0.25, 0.3) is 0 Å². The molecule has 4 heteroatoms. The first kappa shape index (κ1) is 12.8. The molecule has 0 saturated heterocycles. The Hall–Kier alpha value is -0.160. The Morgan fingerprint density at radius 1 is 1.46 bits per heavy atom. The molecule has 1 atom stereocenters. The molecule has 0 aliphatic carbocycles. The van der Waals surface area contributed by atoms with Crippen molar-refractivity contribution in [3.05, 3.63) is 0 Å². The van der Waals surface area contributed by atoms with E-state index >= 15 is 0 Å². The van der Waals surface area contributed by atoms with Crippen LogP contribution in [0.5, 0.6) is 0 Å². The second-order valence-electron chi connectivity index (χ2n) is 3.05. The van der Waals surface area contributed by atoms with E-state index < -0.39 is 0 Å². The second kappa shape index (κ2) is 8.44. The minimum atomic E-state index is 0.181. The number of methoxy groups -OCH3 is 1. The van der Waals surface area contributed by atoms with Gasteiger partial charge in [0.15, 0.2) is 0 Å². The Kier molecular flexibility index (Phi) is 8.33. The van der Waals surface area contributed by atoms with Crippen molar-refractivity contribution in [1.29, 1.82) is 0 Å². The number of hydrogen-bond acceptors (Lipinski definition) is 4. The molecule has 0 aromatic carbocycles. The lowest BCUT2D eigenvalue weighted by Crippen LogP contribution is -2.43. The van der Waals surface area contributed by atoms with Crippen LogP contribution in [0.1, 0.15) is 13.3 Å². The Bertz CT molecular complexity index is 108. The van der Waals surface area contributed by atoms with E-state index in [1.54, 1.807) is 7.11 Å². The summed E-state index contributed by atoms with van der Waals surface area (Å²) < 4.78 is 4.99. The van der Waals surface area contributed by atoms with Crippen molar-refractivity contribution in [2.24, 2.45) is 5.73 Å². The van der Waals surface area contributed by atoms with Crippen molar-refractivity contribution >= 4 is 0 Å². The molecule has 0 aliphatic heterocycles. The monoisotopic (exact) mass is 190 g/mol. The Labute approximate surface area is 80.7 Å². The van der Waals surface area contributed by atoms with Gasteiger partial charge in [-0.2, -0.15) is 0 Å². The van der Waals surface area contributed by atoms with Crippen LogP contribution < -0.4 is 5.73 Å². The van der Waals surface area contributed by atoms with Crippen molar-refractivity contribution in [2.75, 3.05) is 40.0 Å². The first-order valence-electron chi connectivity index (χ1n) is 4.84. The predicted molar refractivity (Wildman–Crippen MR) is 53.7 cm³/mol.